The predicted octanol–water partition coefficient (Wildman–Crippen LogP) is 3.21. The maximum absolute atomic E-state index is 11.9. The molecule has 1 aromatic heterocycles. The Morgan fingerprint density at radius 2 is 1.88 bits per heavy atom. The molecule has 2 rings (SSSR count). The van der Waals surface area contributed by atoms with Gasteiger partial charge in [-0.1, -0.05) is 23.2 Å². The number of carbonyl (C=O) groups excluding carboxylic acids is 1. The molecule has 0 unspecified atom stereocenters. The molecule has 1 heterocycles. The first kappa shape index (κ1) is 12.0. The molecule has 3 nitrogen and oxygen atoms in total. The van der Waals surface area contributed by atoms with Gasteiger partial charge in [0.25, 0.3) is 0 Å². The first-order valence-corrected chi connectivity index (χ1v) is 5.66. The SMILES string of the molecule is O=C(Cc1cc(Cl)ccc1Cl)c1ncccn1. The van der Waals surface area contributed by atoms with Crippen LogP contribution in [-0.2, 0) is 6.42 Å². The lowest BCUT2D eigenvalue weighted by atomic mass is 10.1. The Morgan fingerprint density at radius 1 is 1.18 bits per heavy atom. The summed E-state index contributed by atoms with van der Waals surface area (Å²) in [5, 5.41) is 1.06. The van der Waals surface area contributed by atoms with E-state index in [4.69, 9.17) is 23.2 Å². The minimum Gasteiger partial charge on any atom is -0.290 e. The van der Waals surface area contributed by atoms with E-state index in [0.29, 0.717) is 15.6 Å². The zero-order chi connectivity index (χ0) is 12.3. The van der Waals surface area contributed by atoms with Crippen molar-refractivity contribution in [1.29, 1.82) is 0 Å². The van der Waals surface area contributed by atoms with Crippen LogP contribution in [0.2, 0.25) is 10.0 Å². The molecule has 0 aliphatic carbocycles. The fraction of sp³-hybridized carbons (Fsp3) is 0.0833. The number of benzene rings is 1. The van der Waals surface area contributed by atoms with Crippen LogP contribution in [0.25, 0.3) is 0 Å². The van der Waals surface area contributed by atoms with Crippen molar-refractivity contribution in [2.75, 3.05) is 0 Å². The molecule has 1 aromatic carbocycles. The topological polar surface area (TPSA) is 42.9 Å². The fourth-order valence-electron chi connectivity index (χ4n) is 1.37. The molecule has 0 saturated carbocycles. The van der Waals surface area contributed by atoms with Crippen LogP contribution in [0.15, 0.2) is 36.7 Å². The van der Waals surface area contributed by atoms with Crippen molar-refractivity contribution in [2.45, 2.75) is 6.42 Å². The van der Waals surface area contributed by atoms with Crippen LogP contribution in [0, 0.1) is 0 Å². The van der Waals surface area contributed by atoms with E-state index in [1.807, 2.05) is 0 Å². The van der Waals surface area contributed by atoms with E-state index in [-0.39, 0.29) is 18.0 Å². The van der Waals surface area contributed by atoms with Gasteiger partial charge in [-0.3, -0.25) is 4.79 Å². The molecule has 0 atom stereocenters. The summed E-state index contributed by atoms with van der Waals surface area (Å²) in [5.41, 5.74) is 0.677. The highest BCUT2D eigenvalue weighted by Crippen LogP contribution is 2.21. The molecule has 2 aromatic rings. The summed E-state index contributed by atoms with van der Waals surface area (Å²) in [4.78, 5) is 19.6. The van der Waals surface area contributed by atoms with Gasteiger partial charge in [0, 0.05) is 28.9 Å². The molecule has 5 heteroatoms. The van der Waals surface area contributed by atoms with E-state index < -0.39 is 0 Å². The molecule has 86 valence electrons. The monoisotopic (exact) mass is 266 g/mol. The van der Waals surface area contributed by atoms with E-state index in [0.717, 1.165) is 0 Å². The van der Waals surface area contributed by atoms with Gasteiger partial charge in [0.15, 0.2) is 5.82 Å². The molecule has 0 spiro atoms. The summed E-state index contributed by atoms with van der Waals surface area (Å²) >= 11 is 11.8. The average Bonchev–Trinajstić information content (AvgIpc) is 2.35. The van der Waals surface area contributed by atoms with E-state index in [2.05, 4.69) is 9.97 Å². The first-order valence-electron chi connectivity index (χ1n) is 4.91. The number of carbonyl (C=O) groups is 1. The van der Waals surface area contributed by atoms with Gasteiger partial charge < -0.3 is 0 Å². The van der Waals surface area contributed by atoms with Crippen LogP contribution in [0.3, 0.4) is 0 Å². The Labute approximate surface area is 108 Å². The smallest absolute Gasteiger partial charge is 0.204 e. The Hall–Kier alpha value is -1.45. The van der Waals surface area contributed by atoms with Crippen LogP contribution in [0.4, 0.5) is 0 Å². The fourth-order valence-corrected chi connectivity index (χ4v) is 1.75. The van der Waals surface area contributed by atoms with Crippen molar-refractivity contribution in [2.24, 2.45) is 0 Å². The molecule has 0 fully saturated rings. The number of ketones is 1. The van der Waals surface area contributed by atoms with E-state index >= 15 is 0 Å². The van der Waals surface area contributed by atoms with Crippen molar-refractivity contribution in [3.8, 4) is 0 Å². The van der Waals surface area contributed by atoms with Gasteiger partial charge in [-0.2, -0.15) is 0 Å². The lowest BCUT2D eigenvalue weighted by Crippen LogP contribution is -2.08. The molecule has 17 heavy (non-hydrogen) atoms. The van der Waals surface area contributed by atoms with Crippen molar-refractivity contribution < 1.29 is 4.79 Å². The number of Topliss-reactive ketones (excluding diaryl/α,β-unsaturated/α-hetero) is 1. The van der Waals surface area contributed by atoms with Gasteiger partial charge in [-0.25, -0.2) is 9.97 Å². The number of aromatic nitrogens is 2. The number of hydrogen-bond donors (Lipinski definition) is 0. The maximum atomic E-state index is 11.9. The second kappa shape index (κ2) is 5.25. The van der Waals surface area contributed by atoms with Crippen LogP contribution in [-0.4, -0.2) is 15.8 Å². The largest absolute Gasteiger partial charge is 0.290 e. The summed E-state index contributed by atoms with van der Waals surface area (Å²) < 4.78 is 0. The standard InChI is InChI=1S/C12H8Cl2N2O/c13-9-2-3-10(14)8(6-9)7-11(17)12-15-4-1-5-16-12/h1-6H,7H2. The molecular formula is C12H8Cl2N2O. The number of rotatable bonds is 3. The van der Waals surface area contributed by atoms with Crippen molar-refractivity contribution >= 4 is 29.0 Å². The summed E-state index contributed by atoms with van der Waals surface area (Å²) in [6.07, 6.45) is 3.20. The molecule has 0 amide bonds. The van der Waals surface area contributed by atoms with Gasteiger partial charge >= 0.3 is 0 Å². The molecular weight excluding hydrogens is 259 g/mol. The summed E-state index contributed by atoms with van der Waals surface area (Å²) in [6.45, 7) is 0. The van der Waals surface area contributed by atoms with Crippen molar-refractivity contribution in [1.82, 2.24) is 9.97 Å². The average molecular weight is 267 g/mol. The third kappa shape index (κ3) is 3.02. The summed E-state index contributed by atoms with van der Waals surface area (Å²) in [7, 11) is 0. The van der Waals surface area contributed by atoms with E-state index in [9.17, 15) is 4.79 Å². The van der Waals surface area contributed by atoms with Gasteiger partial charge in [-0.15, -0.1) is 0 Å². The Kier molecular flexibility index (Phi) is 3.71. The first-order chi connectivity index (χ1) is 8.16. The number of halogens is 2. The minimum absolute atomic E-state index is 0.142. The Balaban J connectivity index is 2.22. The quantitative estimate of drug-likeness (QED) is 0.802. The summed E-state index contributed by atoms with van der Waals surface area (Å²) in [5.74, 6) is -0.00157. The molecule has 0 aliphatic heterocycles. The van der Waals surface area contributed by atoms with Gasteiger partial charge in [-0.05, 0) is 29.8 Å². The number of nitrogens with zero attached hydrogens (tertiary/aromatic N) is 2. The van der Waals surface area contributed by atoms with E-state index in [1.54, 1.807) is 24.3 Å². The van der Waals surface area contributed by atoms with Gasteiger partial charge in [0.1, 0.15) is 0 Å². The van der Waals surface area contributed by atoms with Crippen molar-refractivity contribution in [3.63, 3.8) is 0 Å². The second-order valence-electron chi connectivity index (χ2n) is 3.41. The minimum atomic E-state index is -0.185. The Bertz CT molecular complexity index is 543. The highest BCUT2D eigenvalue weighted by Gasteiger charge is 2.12. The highest BCUT2D eigenvalue weighted by atomic mass is 35.5. The van der Waals surface area contributed by atoms with Crippen molar-refractivity contribution in [3.05, 3.63) is 58.1 Å². The highest BCUT2D eigenvalue weighted by molar-refractivity contribution is 6.33. The molecule has 0 saturated heterocycles. The number of hydrogen-bond acceptors (Lipinski definition) is 3. The van der Waals surface area contributed by atoms with E-state index in [1.165, 1.54) is 12.4 Å². The second-order valence-corrected chi connectivity index (χ2v) is 4.25. The van der Waals surface area contributed by atoms with Crippen LogP contribution in [0.1, 0.15) is 16.2 Å². The Morgan fingerprint density at radius 3 is 2.59 bits per heavy atom. The lowest BCUT2D eigenvalue weighted by molar-refractivity contribution is 0.0983. The third-order valence-electron chi connectivity index (χ3n) is 2.17. The van der Waals surface area contributed by atoms with Crippen LogP contribution < -0.4 is 0 Å². The molecule has 0 bridgehead atoms. The predicted molar refractivity (Wildman–Crippen MR) is 66.5 cm³/mol. The lowest BCUT2D eigenvalue weighted by Gasteiger charge is -2.03. The zero-order valence-electron chi connectivity index (χ0n) is 8.73. The van der Waals surface area contributed by atoms with Crippen LogP contribution in [0.5, 0.6) is 0 Å². The molecule has 0 aliphatic rings. The molecule has 0 N–H and O–H groups in total. The normalized spacial score (nSPS) is 10.2. The zero-order valence-corrected chi connectivity index (χ0v) is 10.2. The summed E-state index contributed by atoms with van der Waals surface area (Å²) in [6, 6.07) is 6.67. The van der Waals surface area contributed by atoms with Crippen LogP contribution >= 0.6 is 23.2 Å². The van der Waals surface area contributed by atoms with Gasteiger partial charge in [0.05, 0.1) is 0 Å². The molecule has 0 radical (unpaired) electrons. The maximum Gasteiger partial charge on any atom is 0.204 e. The third-order valence-corrected chi connectivity index (χ3v) is 2.78. The van der Waals surface area contributed by atoms with Gasteiger partial charge in [0.2, 0.25) is 5.78 Å².